The average molecular weight is 417 g/mol. The summed E-state index contributed by atoms with van der Waals surface area (Å²) in [7, 11) is 2.71. The summed E-state index contributed by atoms with van der Waals surface area (Å²) in [5.74, 6) is 0.0821. The Bertz CT molecular complexity index is 1110. The van der Waals surface area contributed by atoms with Crippen molar-refractivity contribution < 1.29 is 23.8 Å². The van der Waals surface area contributed by atoms with Crippen molar-refractivity contribution in [2.24, 2.45) is 0 Å². The van der Waals surface area contributed by atoms with Crippen LogP contribution in [0.2, 0.25) is 0 Å². The van der Waals surface area contributed by atoms with E-state index in [0.29, 0.717) is 13.0 Å². The third kappa shape index (κ3) is 3.97. The van der Waals surface area contributed by atoms with Crippen molar-refractivity contribution in [1.82, 2.24) is 5.32 Å². The fraction of sp³-hybridized carbons (Fsp3) is 0.200. The number of benzene rings is 3. The zero-order chi connectivity index (χ0) is 21.8. The lowest BCUT2D eigenvalue weighted by Crippen LogP contribution is -2.32. The first-order valence-electron chi connectivity index (χ1n) is 10.0. The van der Waals surface area contributed by atoms with E-state index in [-0.39, 0.29) is 28.8 Å². The zero-order valence-electron chi connectivity index (χ0n) is 17.4. The molecule has 6 nitrogen and oxygen atoms in total. The molecule has 158 valence electrons. The van der Waals surface area contributed by atoms with Gasteiger partial charge in [0.05, 0.1) is 32.4 Å². The molecule has 1 unspecified atom stereocenters. The van der Waals surface area contributed by atoms with Gasteiger partial charge in [-0.25, -0.2) is 4.79 Å². The Labute approximate surface area is 180 Å². The first-order chi connectivity index (χ1) is 15.1. The molecule has 0 aromatic heterocycles. The fourth-order valence-corrected chi connectivity index (χ4v) is 3.86. The van der Waals surface area contributed by atoms with Crippen molar-refractivity contribution in [1.29, 1.82) is 0 Å². The molecule has 3 aromatic rings. The normalized spacial score (nSPS) is 14.7. The number of rotatable bonds is 5. The van der Waals surface area contributed by atoms with Gasteiger partial charge in [0.25, 0.3) is 5.91 Å². The van der Waals surface area contributed by atoms with Crippen LogP contribution in [-0.4, -0.2) is 32.7 Å². The molecule has 1 heterocycles. The summed E-state index contributed by atoms with van der Waals surface area (Å²) in [4.78, 5) is 25.2. The molecule has 0 saturated heterocycles. The van der Waals surface area contributed by atoms with Crippen molar-refractivity contribution in [3.8, 4) is 22.6 Å². The van der Waals surface area contributed by atoms with E-state index < -0.39 is 5.97 Å². The molecule has 31 heavy (non-hydrogen) atoms. The maximum atomic E-state index is 13.1. The lowest BCUT2D eigenvalue weighted by Gasteiger charge is -2.28. The van der Waals surface area contributed by atoms with Crippen LogP contribution in [0.4, 0.5) is 0 Å². The molecule has 6 heteroatoms. The van der Waals surface area contributed by atoms with Gasteiger partial charge in [-0.1, -0.05) is 54.6 Å². The van der Waals surface area contributed by atoms with E-state index in [4.69, 9.17) is 14.2 Å². The molecule has 1 aliphatic heterocycles. The van der Waals surface area contributed by atoms with Gasteiger partial charge in [-0.15, -0.1) is 0 Å². The molecule has 1 amide bonds. The molecule has 0 aliphatic carbocycles. The Morgan fingerprint density at radius 2 is 1.68 bits per heavy atom. The van der Waals surface area contributed by atoms with Gasteiger partial charge in [0.1, 0.15) is 17.1 Å². The maximum absolute atomic E-state index is 13.1. The van der Waals surface area contributed by atoms with Gasteiger partial charge in [0.15, 0.2) is 0 Å². The lowest BCUT2D eigenvalue weighted by molar-refractivity contribution is 0.0597. The predicted molar refractivity (Wildman–Crippen MR) is 117 cm³/mol. The molecule has 3 aromatic carbocycles. The number of fused-ring (bicyclic) bond motifs is 1. The number of hydrogen-bond donors (Lipinski definition) is 1. The van der Waals surface area contributed by atoms with Crippen molar-refractivity contribution in [2.45, 2.75) is 12.5 Å². The minimum absolute atomic E-state index is 0.192. The molecule has 4 rings (SSSR count). The van der Waals surface area contributed by atoms with Gasteiger partial charge in [-0.05, 0) is 17.7 Å². The number of nitrogens with one attached hydrogen (secondary N) is 1. The highest BCUT2D eigenvalue weighted by molar-refractivity contribution is 6.02. The van der Waals surface area contributed by atoms with Crippen LogP contribution in [0.15, 0.2) is 66.7 Å². The minimum Gasteiger partial charge on any atom is -0.495 e. The van der Waals surface area contributed by atoms with Crippen LogP contribution in [0, 0.1) is 0 Å². The Morgan fingerprint density at radius 3 is 2.42 bits per heavy atom. The number of amides is 1. The number of hydrogen-bond acceptors (Lipinski definition) is 5. The van der Waals surface area contributed by atoms with Gasteiger partial charge in [-0.3, -0.25) is 4.79 Å². The molecule has 1 N–H and O–H groups in total. The van der Waals surface area contributed by atoms with Crippen LogP contribution in [0.1, 0.15) is 38.7 Å². The molecule has 1 atom stereocenters. The zero-order valence-corrected chi connectivity index (χ0v) is 17.4. The van der Waals surface area contributed by atoms with Crippen molar-refractivity contribution in [3.63, 3.8) is 0 Å². The maximum Gasteiger partial charge on any atom is 0.341 e. The third-order valence-electron chi connectivity index (χ3n) is 5.33. The van der Waals surface area contributed by atoms with Crippen LogP contribution in [0.3, 0.4) is 0 Å². The largest absolute Gasteiger partial charge is 0.495 e. The number of para-hydroxylation sites is 2. The number of ether oxygens (including phenoxy) is 3. The standard InChI is InChI=1S/C25H23NO5/c1-29-22-19(12-7-13-20(22)25(28)30-2)24(27)26-21-14-15-31-23-17(10-6-11-18(21)23)16-8-4-3-5-9-16/h3-13,21H,14-15H2,1-2H3,(H,26,27). The molecule has 0 radical (unpaired) electrons. The van der Waals surface area contributed by atoms with E-state index in [1.807, 2.05) is 48.5 Å². The molecule has 1 aliphatic rings. The summed E-state index contributed by atoms with van der Waals surface area (Å²) < 4.78 is 16.2. The topological polar surface area (TPSA) is 73.9 Å². The smallest absolute Gasteiger partial charge is 0.341 e. The van der Waals surface area contributed by atoms with Gasteiger partial charge < -0.3 is 19.5 Å². The quantitative estimate of drug-likeness (QED) is 0.623. The first kappa shape index (κ1) is 20.5. The Balaban J connectivity index is 1.66. The van der Waals surface area contributed by atoms with Gasteiger partial charge in [0, 0.05) is 17.5 Å². The molecule has 0 saturated carbocycles. The second-order valence-electron chi connectivity index (χ2n) is 7.13. The van der Waals surface area contributed by atoms with E-state index in [1.165, 1.54) is 14.2 Å². The summed E-state index contributed by atoms with van der Waals surface area (Å²) in [5.41, 5.74) is 3.44. The number of esters is 1. The van der Waals surface area contributed by atoms with Crippen LogP contribution >= 0.6 is 0 Å². The lowest BCUT2D eigenvalue weighted by atomic mass is 9.94. The summed E-state index contributed by atoms with van der Waals surface area (Å²) in [6.07, 6.45) is 0.635. The van der Waals surface area contributed by atoms with E-state index in [1.54, 1.807) is 18.2 Å². The first-order valence-corrected chi connectivity index (χ1v) is 10.0. The monoisotopic (exact) mass is 417 g/mol. The van der Waals surface area contributed by atoms with Crippen molar-refractivity contribution >= 4 is 11.9 Å². The van der Waals surface area contributed by atoms with Gasteiger partial charge in [0.2, 0.25) is 0 Å². The van der Waals surface area contributed by atoms with Crippen molar-refractivity contribution in [3.05, 3.63) is 83.4 Å². The highest BCUT2D eigenvalue weighted by Crippen LogP contribution is 2.40. The van der Waals surface area contributed by atoms with Gasteiger partial charge in [-0.2, -0.15) is 0 Å². The molecular formula is C25H23NO5. The summed E-state index contributed by atoms with van der Waals surface area (Å²) in [6.45, 7) is 0.487. The van der Waals surface area contributed by atoms with Crippen LogP contribution in [0.25, 0.3) is 11.1 Å². The number of methoxy groups -OCH3 is 2. The van der Waals surface area contributed by atoms with E-state index >= 15 is 0 Å². The highest BCUT2D eigenvalue weighted by atomic mass is 16.5. The Kier molecular flexibility index (Phi) is 5.89. The summed E-state index contributed by atoms with van der Waals surface area (Å²) in [6, 6.07) is 20.5. The Hall–Kier alpha value is -3.80. The molecular weight excluding hydrogens is 394 g/mol. The second-order valence-corrected chi connectivity index (χ2v) is 7.13. The molecule has 0 bridgehead atoms. The highest BCUT2D eigenvalue weighted by Gasteiger charge is 2.28. The third-order valence-corrected chi connectivity index (χ3v) is 5.33. The second kappa shape index (κ2) is 8.92. The van der Waals surface area contributed by atoms with Crippen LogP contribution in [-0.2, 0) is 4.74 Å². The van der Waals surface area contributed by atoms with E-state index in [2.05, 4.69) is 5.32 Å². The summed E-state index contributed by atoms with van der Waals surface area (Å²) >= 11 is 0. The van der Waals surface area contributed by atoms with Crippen LogP contribution < -0.4 is 14.8 Å². The molecule has 0 spiro atoms. The Morgan fingerprint density at radius 1 is 0.935 bits per heavy atom. The minimum atomic E-state index is -0.560. The molecule has 0 fully saturated rings. The summed E-state index contributed by atoms with van der Waals surface area (Å²) in [5, 5.41) is 3.08. The number of carbonyl (C=O) groups is 2. The van der Waals surface area contributed by atoms with Crippen LogP contribution in [0.5, 0.6) is 11.5 Å². The number of carbonyl (C=O) groups excluding carboxylic acids is 2. The van der Waals surface area contributed by atoms with Crippen molar-refractivity contribution in [2.75, 3.05) is 20.8 Å². The van der Waals surface area contributed by atoms with E-state index in [0.717, 1.165) is 22.4 Å². The van der Waals surface area contributed by atoms with Gasteiger partial charge >= 0.3 is 5.97 Å². The average Bonchev–Trinajstić information content (AvgIpc) is 2.83. The predicted octanol–water partition coefficient (Wildman–Crippen LogP) is 4.40. The van der Waals surface area contributed by atoms with E-state index in [9.17, 15) is 9.59 Å². The SMILES string of the molecule is COC(=O)c1cccc(C(=O)NC2CCOc3c(-c4ccccc4)cccc32)c1OC. The fourth-order valence-electron chi connectivity index (χ4n) is 3.86.